The number of hydrogen-bond donors (Lipinski definition) is 1. The van der Waals surface area contributed by atoms with Gasteiger partial charge in [0.05, 0.1) is 5.92 Å². The van der Waals surface area contributed by atoms with Gasteiger partial charge in [-0.25, -0.2) is 8.78 Å². The highest BCUT2D eigenvalue weighted by Gasteiger charge is 2.41. The Hall–Kier alpha value is -1.41. The summed E-state index contributed by atoms with van der Waals surface area (Å²) in [5.74, 6) is -4.16. The van der Waals surface area contributed by atoms with Crippen LogP contribution in [0.3, 0.4) is 0 Å². The van der Waals surface area contributed by atoms with Gasteiger partial charge < -0.3 is 10.2 Å². The molecular weight excluding hydrogens is 391 g/mol. The lowest BCUT2D eigenvalue weighted by Gasteiger charge is -2.33. The number of amides is 1. The molecule has 2 fully saturated rings. The van der Waals surface area contributed by atoms with E-state index in [-0.39, 0.29) is 55.4 Å². The average Bonchev–Trinajstić information content (AvgIpc) is 2.63. The molecular formula is C18H22ClF5N2O. The number of rotatable bonds is 2. The summed E-state index contributed by atoms with van der Waals surface area (Å²) in [6, 6.07) is 2.21. The molecule has 1 aromatic rings. The number of carbonyl (C=O) groups is 1. The van der Waals surface area contributed by atoms with Crippen molar-refractivity contribution < 1.29 is 26.7 Å². The molecule has 0 spiro atoms. The standard InChI is InChI=1S/C18H21F5N2O.ClH/c19-15-10-12(9-14(16(15)20)11-1-5-24-6-2-11)17(26)25-7-3-13(4-8-25)18(21,22)23;/h9-11,13,24H,1-8H2;1H. The number of carbonyl (C=O) groups excluding carboxylic acids is 1. The molecule has 0 saturated carbocycles. The average molecular weight is 413 g/mol. The molecule has 2 aliphatic rings. The van der Waals surface area contributed by atoms with Crippen molar-refractivity contribution in [3.8, 4) is 0 Å². The Bertz CT molecular complexity index is 668. The Morgan fingerprint density at radius 2 is 1.63 bits per heavy atom. The number of nitrogens with zero attached hydrogens (tertiary/aromatic N) is 1. The summed E-state index contributed by atoms with van der Waals surface area (Å²) in [6.07, 6.45) is -3.31. The van der Waals surface area contributed by atoms with Crippen LogP contribution in [0.2, 0.25) is 0 Å². The minimum absolute atomic E-state index is 0. The molecule has 3 rings (SSSR count). The molecule has 0 unspecified atom stereocenters. The molecule has 1 N–H and O–H groups in total. The zero-order chi connectivity index (χ0) is 18.9. The first kappa shape index (κ1) is 21.9. The Morgan fingerprint density at radius 1 is 1.04 bits per heavy atom. The van der Waals surface area contributed by atoms with E-state index in [1.807, 2.05) is 0 Å². The third-order valence-corrected chi connectivity index (χ3v) is 5.33. The Balaban J connectivity index is 0.00000261. The number of nitrogens with one attached hydrogen (secondary N) is 1. The quantitative estimate of drug-likeness (QED) is 0.736. The zero-order valence-corrected chi connectivity index (χ0v) is 15.4. The van der Waals surface area contributed by atoms with E-state index in [0.717, 1.165) is 6.07 Å². The first-order valence-corrected chi connectivity index (χ1v) is 8.83. The van der Waals surface area contributed by atoms with E-state index in [9.17, 15) is 26.7 Å². The zero-order valence-electron chi connectivity index (χ0n) is 14.6. The van der Waals surface area contributed by atoms with Crippen LogP contribution in [0.1, 0.15) is 47.5 Å². The molecule has 0 aromatic heterocycles. The normalized spacial score (nSPS) is 19.7. The van der Waals surface area contributed by atoms with Gasteiger partial charge in [-0.1, -0.05) is 0 Å². The number of likely N-dealkylation sites (tertiary alicyclic amines) is 1. The second-order valence-corrected chi connectivity index (χ2v) is 6.99. The van der Waals surface area contributed by atoms with Gasteiger partial charge in [-0.05, 0) is 62.4 Å². The summed E-state index contributed by atoms with van der Waals surface area (Å²) in [6.45, 7) is 1.30. The summed E-state index contributed by atoms with van der Waals surface area (Å²) in [5, 5.41) is 3.14. The fraction of sp³-hybridized carbons (Fsp3) is 0.611. The van der Waals surface area contributed by atoms with Crippen LogP contribution >= 0.6 is 12.4 Å². The van der Waals surface area contributed by atoms with Crippen molar-refractivity contribution in [3.05, 3.63) is 34.9 Å². The highest BCUT2D eigenvalue weighted by molar-refractivity contribution is 5.94. The lowest BCUT2D eigenvalue weighted by molar-refractivity contribution is -0.183. The van der Waals surface area contributed by atoms with E-state index in [0.29, 0.717) is 25.9 Å². The third kappa shape index (κ3) is 4.90. The van der Waals surface area contributed by atoms with E-state index in [4.69, 9.17) is 0 Å². The SMILES string of the molecule is Cl.O=C(c1cc(F)c(F)c(C2CCNCC2)c1)N1CCC(C(F)(F)F)CC1. The molecule has 0 radical (unpaired) electrons. The Morgan fingerprint density at radius 3 is 2.19 bits per heavy atom. The number of piperidine rings is 2. The van der Waals surface area contributed by atoms with Crippen molar-refractivity contribution in [2.45, 2.75) is 37.8 Å². The van der Waals surface area contributed by atoms with Gasteiger partial charge in [0, 0.05) is 18.7 Å². The molecule has 2 heterocycles. The molecule has 3 nitrogen and oxygen atoms in total. The number of hydrogen-bond acceptors (Lipinski definition) is 2. The Labute approximate surface area is 160 Å². The molecule has 1 amide bonds. The summed E-state index contributed by atoms with van der Waals surface area (Å²) in [4.78, 5) is 13.9. The van der Waals surface area contributed by atoms with Crippen LogP contribution in [0, 0.1) is 17.6 Å². The fourth-order valence-corrected chi connectivity index (χ4v) is 3.76. The van der Waals surface area contributed by atoms with Crippen molar-refractivity contribution >= 4 is 18.3 Å². The molecule has 2 saturated heterocycles. The van der Waals surface area contributed by atoms with E-state index in [2.05, 4.69) is 5.32 Å². The van der Waals surface area contributed by atoms with Crippen LogP contribution in [0.4, 0.5) is 22.0 Å². The maximum atomic E-state index is 14.2. The van der Waals surface area contributed by atoms with E-state index in [1.165, 1.54) is 11.0 Å². The van der Waals surface area contributed by atoms with E-state index in [1.54, 1.807) is 0 Å². The molecule has 27 heavy (non-hydrogen) atoms. The predicted molar refractivity (Wildman–Crippen MR) is 93.1 cm³/mol. The molecule has 2 aliphatic heterocycles. The van der Waals surface area contributed by atoms with Crippen LogP contribution in [-0.4, -0.2) is 43.2 Å². The van der Waals surface area contributed by atoms with Crippen LogP contribution in [0.15, 0.2) is 12.1 Å². The fourth-order valence-electron chi connectivity index (χ4n) is 3.76. The lowest BCUT2D eigenvalue weighted by atomic mass is 9.88. The van der Waals surface area contributed by atoms with Gasteiger partial charge in [0.25, 0.3) is 5.91 Å². The van der Waals surface area contributed by atoms with Gasteiger partial charge in [-0.3, -0.25) is 4.79 Å². The molecule has 1 aromatic carbocycles. The van der Waals surface area contributed by atoms with Crippen molar-refractivity contribution in [3.63, 3.8) is 0 Å². The minimum atomic E-state index is -4.26. The number of alkyl halides is 3. The smallest absolute Gasteiger partial charge is 0.339 e. The molecule has 9 heteroatoms. The van der Waals surface area contributed by atoms with Crippen LogP contribution in [-0.2, 0) is 0 Å². The van der Waals surface area contributed by atoms with Crippen LogP contribution in [0.5, 0.6) is 0 Å². The summed E-state index contributed by atoms with van der Waals surface area (Å²) < 4.78 is 66.5. The summed E-state index contributed by atoms with van der Waals surface area (Å²) in [7, 11) is 0. The van der Waals surface area contributed by atoms with Gasteiger partial charge in [-0.2, -0.15) is 13.2 Å². The summed E-state index contributed by atoms with van der Waals surface area (Å²) in [5.41, 5.74) is 0.183. The highest BCUT2D eigenvalue weighted by Crippen LogP contribution is 2.35. The van der Waals surface area contributed by atoms with Crippen LogP contribution in [0.25, 0.3) is 0 Å². The molecule has 152 valence electrons. The Kier molecular flexibility index (Phi) is 7.08. The molecule has 0 bridgehead atoms. The number of benzene rings is 1. The topological polar surface area (TPSA) is 32.3 Å². The first-order valence-electron chi connectivity index (χ1n) is 8.83. The van der Waals surface area contributed by atoms with Gasteiger partial charge >= 0.3 is 6.18 Å². The second-order valence-electron chi connectivity index (χ2n) is 6.99. The van der Waals surface area contributed by atoms with Gasteiger partial charge in [-0.15, -0.1) is 12.4 Å². The molecule has 0 atom stereocenters. The van der Waals surface area contributed by atoms with Gasteiger partial charge in [0.15, 0.2) is 11.6 Å². The first-order chi connectivity index (χ1) is 12.3. The van der Waals surface area contributed by atoms with Crippen molar-refractivity contribution in [1.82, 2.24) is 10.2 Å². The monoisotopic (exact) mass is 412 g/mol. The van der Waals surface area contributed by atoms with Gasteiger partial charge in [0.1, 0.15) is 0 Å². The van der Waals surface area contributed by atoms with Gasteiger partial charge in [0.2, 0.25) is 0 Å². The predicted octanol–water partition coefficient (Wildman–Crippen LogP) is 4.27. The number of halogens is 6. The van der Waals surface area contributed by atoms with Crippen molar-refractivity contribution in [2.75, 3.05) is 26.2 Å². The van der Waals surface area contributed by atoms with E-state index < -0.39 is 29.6 Å². The van der Waals surface area contributed by atoms with E-state index >= 15 is 0 Å². The maximum Gasteiger partial charge on any atom is 0.391 e. The largest absolute Gasteiger partial charge is 0.391 e. The lowest BCUT2D eigenvalue weighted by Crippen LogP contribution is -2.42. The van der Waals surface area contributed by atoms with Crippen LogP contribution < -0.4 is 5.32 Å². The minimum Gasteiger partial charge on any atom is -0.339 e. The van der Waals surface area contributed by atoms with Crippen molar-refractivity contribution in [1.29, 1.82) is 0 Å². The molecule has 0 aliphatic carbocycles. The second kappa shape index (κ2) is 8.73. The highest BCUT2D eigenvalue weighted by atomic mass is 35.5. The third-order valence-electron chi connectivity index (χ3n) is 5.33. The maximum absolute atomic E-state index is 14.2. The van der Waals surface area contributed by atoms with Crippen molar-refractivity contribution in [2.24, 2.45) is 5.92 Å². The summed E-state index contributed by atoms with van der Waals surface area (Å²) >= 11 is 0.